The van der Waals surface area contributed by atoms with Gasteiger partial charge in [-0.25, -0.2) is 0 Å². The zero-order valence-corrected chi connectivity index (χ0v) is 20.9. The van der Waals surface area contributed by atoms with E-state index in [9.17, 15) is 14.7 Å². The highest BCUT2D eigenvalue weighted by atomic mass is 16.5. The molecule has 0 aromatic carbocycles. The summed E-state index contributed by atoms with van der Waals surface area (Å²) in [5.41, 5.74) is -0.130. The molecule has 4 unspecified atom stereocenters. The minimum absolute atomic E-state index is 0.0350. The molecule has 4 nitrogen and oxygen atoms in total. The molecule has 4 heteroatoms. The van der Waals surface area contributed by atoms with Crippen LogP contribution in [0.4, 0.5) is 0 Å². The lowest BCUT2D eigenvalue weighted by molar-refractivity contribution is -0.124. The molecule has 2 saturated carbocycles. The summed E-state index contributed by atoms with van der Waals surface area (Å²) in [5, 5.41) is 9.39. The zero-order chi connectivity index (χ0) is 23.1. The van der Waals surface area contributed by atoms with Crippen molar-refractivity contribution in [3.8, 4) is 0 Å². The molecule has 0 aromatic heterocycles. The lowest BCUT2D eigenvalue weighted by atomic mass is 9.85. The van der Waals surface area contributed by atoms with Gasteiger partial charge in [0.05, 0.1) is 5.60 Å². The van der Waals surface area contributed by atoms with Crippen molar-refractivity contribution in [3.63, 3.8) is 0 Å². The number of aliphatic hydroxyl groups is 1. The number of rotatable bonds is 14. The van der Waals surface area contributed by atoms with Crippen LogP contribution in [0.15, 0.2) is 0 Å². The first-order valence-electron chi connectivity index (χ1n) is 12.8. The normalized spacial score (nSPS) is 27.4. The molecule has 0 heterocycles. The molecule has 0 saturated heterocycles. The fraction of sp³-hybridized carbons (Fsp3) is 0.926. The van der Waals surface area contributed by atoms with Gasteiger partial charge in [0, 0.05) is 37.4 Å². The number of hydrogen-bond acceptors (Lipinski definition) is 4. The average molecular weight is 437 g/mol. The van der Waals surface area contributed by atoms with Gasteiger partial charge in [0.25, 0.3) is 0 Å². The average Bonchev–Trinajstić information content (AvgIpc) is 3.25. The van der Waals surface area contributed by atoms with Crippen LogP contribution in [-0.4, -0.2) is 36.0 Å². The van der Waals surface area contributed by atoms with Gasteiger partial charge in [0.15, 0.2) is 0 Å². The minimum Gasteiger partial charge on any atom is -0.396 e. The maximum absolute atomic E-state index is 12.8. The molecule has 0 spiro atoms. The van der Waals surface area contributed by atoms with Crippen molar-refractivity contribution in [2.24, 2.45) is 29.1 Å². The molecule has 31 heavy (non-hydrogen) atoms. The fourth-order valence-corrected chi connectivity index (χ4v) is 5.58. The molecule has 4 atom stereocenters. The van der Waals surface area contributed by atoms with Crippen LogP contribution in [0.1, 0.15) is 111 Å². The van der Waals surface area contributed by atoms with E-state index in [2.05, 4.69) is 27.7 Å². The molecule has 2 fully saturated rings. The van der Waals surface area contributed by atoms with Gasteiger partial charge in [-0.3, -0.25) is 9.59 Å². The van der Waals surface area contributed by atoms with Crippen LogP contribution in [0.5, 0.6) is 0 Å². The molecule has 1 N–H and O–H groups in total. The predicted octanol–water partition coefficient (Wildman–Crippen LogP) is 6.13. The molecule has 0 radical (unpaired) electrons. The van der Waals surface area contributed by atoms with E-state index in [0.29, 0.717) is 11.6 Å². The van der Waals surface area contributed by atoms with Gasteiger partial charge < -0.3 is 9.84 Å². The Morgan fingerprint density at radius 1 is 0.742 bits per heavy atom. The molecule has 2 aliphatic carbocycles. The molecule has 180 valence electrons. The summed E-state index contributed by atoms with van der Waals surface area (Å²) in [6, 6.07) is 0. The van der Waals surface area contributed by atoms with Crippen molar-refractivity contribution < 1.29 is 19.4 Å². The van der Waals surface area contributed by atoms with Crippen molar-refractivity contribution in [2.75, 3.05) is 13.7 Å². The van der Waals surface area contributed by atoms with Crippen molar-refractivity contribution in [1.29, 1.82) is 0 Å². The van der Waals surface area contributed by atoms with Crippen molar-refractivity contribution in [3.05, 3.63) is 0 Å². The third-order valence-corrected chi connectivity index (χ3v) is 8.16. The van der Waals surface area contributed by atoms with E-state index in [1.807, 2.05) is 0 Å². The molecule has 0 bridgehead atoms. The second-order valence-electron chi connectivity index (χ2n) is 11.7. The monoisotopic (exact) mass is 436 g/mol. The number of Topliss-reactive ketones (excluding diaryl/α,β-unsaturated/α-hetero) is 2. The molecule has 0 aliphatic heterocycles. The Labute approximate surface area is 190 Å². The Morgan fingerprint density at radius 2 is 1.13 bits per heavy atom. The predicted molar refractivity (Wildman–Crippen MR) is 126 cm³/mol. The van der Waals surface area contributed by atoms with Gasteiger partial charge in [0.2, 0.25) is 0 Å². The third-order valence-electron chi connectivity index (χ3n) is 8.16. The Morgan fingerprint density at radius 3 is 1.52 bits per heavy atom. The van der Waals surface area contributed by atoms with Crippen molar-refractivity contribution in [2.45, 2.75) is 117 Å². The molecular formula is C27H48O4. The van der Waals surface area contributed by atoms with E-state index in [1.54, 1.807) is 7.11 Å². The number of hydrogen-bond donors (Lipinski definition) is 1. The standard InChI is InChI=1S/C27H48O4/c1-26(2,19-28)17-7-11-22-15-13-20(24(22)29)9-6-10-21-14-16-23(25(21)30)12-8-18-27(3,4)31-5/h20-23,28H,6-19H2,1-5H3. The first-order valence-corrected chi connectivity index (χ1v) is 12.8. The van der Waals surface area contributed by atoms with Crippen molar-refractivity contribution >= 4 is 11.6 Å². The highest BCUT2D eigenvalue weighted by molar-refractivity contribution is 5.86. The number of aliphatic hydroxyl groups excluding tert-OH is 1. The molecule has 0 amide bonds. The summed E-state index contributed by atoms with van der Waals surface area (Å²) < 4.78 is 5.49. The third kappa shape index (κ3) is 8.28. The Hall–Kier alpha value is -0.740. The number of methoxy groups -OCH3 is 1. The van der Waals surface area contributed by atoms with Gasteiger partial charge in [0.1, 0.15) is 11.6 Å². The summed E-state index contributed by atoms with van der Waals surface area (Å²) in [7, 11) is 1.76. The van der Waals surface area contributed by atoms with Gasteiger partial charge in [-0.2, -0.15) is 0 Å². The number of ether oxygens (including phenoxy) is 1. The first-order chi connectivity index (χ1) is 14.6. The Kier molecular flexibility index (Phi) is 10.2. The smallest absolute Gasteiger partial charge is 0.139 e. The largest absolute Gasteiger partial charge is 0.396 e. The second-order valence-corrected chi connectivity index (χ2v) is 11.7. The maximum atomic E-state index is 12.8. The molecule has 0 aromatic rings. The summed E-state index contributed by atoms with van der Waals surface area (Å²) >= 11 is 0. The summed E-state index contributed by atoms with van der Waals surface area (Å²) in [6.07, 6.45) is 13.1. The number of carbonyl (C=O) groups is 2. The van der Waals surface area contributed by atoms with Crippen LogP contribution in [0, 0.1) is 29.1 Å². The van der Waals surface area contributed by atoms with E-state index >= 15 is 0 Å². The quantitative estimate of drug-likeness (QED) is 0.356. The van der Waals surface area contributed by atoms with Gasteiger partial charge in [-0.05, 0) is 89.9 Å². The van der Waals surface area contributed by atoms with Gasteiger partial charge >= 0.3 is 0 Å². The maximum Gasteiger partial charge on any atom is 0.139 e. The topological polar surface area (TPSA) is 63.6 Å². The van der Waals surface area contributed by atoms with Crippen LogP contribution in [-0.2, 0) is 14.3 Å². The summed E-state index contributed by atoms with van der Waals surface area (Å²) in [6.45, 7) is 8.59. The van der Waals surface area contributed by atoms with Crippen LogP contribution in [0.3, 0.4) is 0 Å². The zero-order valence-electron chi connectivity index (χ0n) is 20.9. The highest BCUT2D eigenvalue weighted by Gasteiger charge is 2.36. The van der Waals surface area contributed by atoms with E-state index in [1.165, 1.54) is 0 Å². The fourth-order valence-electron chi connectivity index (χ4n) is 5.58. The van der Waals surface area contributed by atoms with Crippen LogP contribution in [0.2, 0.25) is 0 Å². The van der Waals surface area contributed by atoms with Crippen LogP contribution < -0.4 is 0 Å². The van der Waals surface area contributed by atoms with Crippen molar-refractivity contribution in [1.82, 2.24) is 0 Å². The molecule has 2 rings (SSSR count). The van der Waals surface area contributed by atoms with Gasteiger partial charge in [-0.1, -0.05) is 26.7 Å². The first kappa shape index (κ1) is 26.5. The van der Waals surface area contributed by atoms with E-state index in [4.69, 9.17) is 4.74 Å². The molecular weight excluding hydrogens is 388 g/mol. The Bertz CT molecular complexity index is 530. The summed E-state index contributed by atoms with van der Waals surface area (Å²) in [4.78, 5) is 25.6. The lowest BCUT2D eigenvalue weighted by Crippen LogP contribution is -2.23. The van der Waals surface area contributed by atoms with Gasteiger partial charge in [-0.15, -0.1) is 0 Å². The number of ketones is 2. The lowest BCUT2D eigenvalue weighted by Gasteiger charge is -2.23. The highest BCUT2D eigenvalue weighted by Crippen LogP contribution is 2.38. The number of carbonyl (C=O) groups excluding carboxylic acids is 2. The van der Waals surface area contributed by atoms with E-state index in [-0.39, 0.29) is 41.3 Å². The van der Waals surface area contributed by atoms with E-state index < -0.39 is 0 Å². The minimum atomic E-state index is -0.0955. The summed E-state index contributed by atoms with van der Waals surface area (Å²) in [5.74, 6) is 1.88. The Balaban J connectivity index is 1.64. The van der Waals surface area contributed by atoms with E-state index in [0.717, 1.165) is 83.5 Å². The van der Waals surface area contributed by atoms with Crippen LogP contribution in [0.25, 0.3) is 0 Å². The second kappa shape index (κ2) is 11.9. The van der Waals surface area contributed by atoms with Crippen LogP contribution >= 0.6 is 0 Å². The SMILES string of the molecule is COC(C)(C)CCCC1CCC(CCCC2CCC(CCCC(C)(C)CO)C2=O)C1=O. The molecule has 2 aliphatic rings.